The van der Waals surface area contributed by atoms with E-state index in [-0.39, 0.29) is 0 Å². The van der Waals surface area contributed by atoms with E-state index in [1.54, 1.807) is 0 Å². The van der Waals surface area contributed by atoms with Gasteiger partial charge < -0.3 is 9.72 Å². The SMILES string of the molecule is c1cc2c(CC3CCCNCC3)nccn2c1. The van der Waals surface area contributed by atoms with Crippen LogP contribution in [-0.2, 0) is 6.42 Å². The lowest BCUT2D eigenvalue weighted by atomic mass is 9.95. The van der Waals surface area contributed by atoms with Crippen LogP contribution in [0, 0.1) is 5.92 Å². The Bertz CT molecular complexity index is 481. The van der Waals surface area contributed by atoms with Crippen LogP contribution in [0.1, 0.15) is 25.0 Å². The highest BCUT2D eigenvalue weighted by atomic mass is 14.9. The summed E-state index contributed by atoms with van der Waals surface area (Å²) in [6, 6.07) is 4.26. The molecule has 0 saturated carbocycles. The minimum absolute atomic E-state index is 0.790. The molecule has 1 N–H and O–H groups in total. The van der Waals surface area contributed by atoms with Crippen LogP contribution in [0.3, 0.4) is 0 Å². The number of hydrogen-bond acceptors (Lipinski definition) is 2. The van der Waals surface area contributed by atoms with Crippen LogP contribution in [0.25, 0.3) is 5.52 Å². The van der Waals surface area contributed by atoms with Crippen LogP contribution in [0.5, 0.6) is 0 Å². The van der Waals surface area contributed by atoms with E-state index in [1.165, 1.54) is 37.0 Å². The van der Waals surface area contributed by atoms with E-state index in [4.69, 9.17) is 0 Å². The van der Waals surface area contributed by atoms with E-state index in [9.17, 15) is 0 Å². The number of rotatable bonds is 2. The second-order valence-electron chi connectivity index (χ2n) is 4.93. The molecule has 1 saturated heterocycles. The van der Waals surface area contributed by atoms with Gasteiger partial charge in [-0.25, -0.2) is 0 Å². The Kier molecular flexibility index (Phi) is 3.10. The van der Waals surface area contributed by atoms with E-state index >= 15 is 0 Å². The van der Waals surface area contributed by atoms with Gasteiger partial charge in [-0.2, -0.15) is 0 Å². The summed E-state index contributed by atoms with van der Waals surface area (Å²) in [4.78, 5) is 4.56. The third kappa shape index (κ3) is 2.34. The van der Waals surface area contributed by atoms with E-state index in [0.29, 0.717) is 0 Å². The number of nitrogens with zero attached hydrogens (tertiary/aromatic N) is 2. The largest absolute Gasteiger partial charge is 0.321 e. The molecule has 1 aliphatic heterocycles. The van der Waals surface area contributed by atoms with Gasteiger partial charge >= 0.3 is 0 Å². The highest BCUT2D eigenvalue weighted by molar-refractivity contribution is 5.52. The molecule has 2 aromatic heterocycles. The van der Waals surface area contributed by atoms with Gasteiger partial charge in [-0.1, -0.05) is 0 Å². The van der Waals surface area contributed by atoms with Crippen LogP contribution in [0.4, 0.5) is 0 Å². The lowest BCUT2D eigenvalue weighted by molar-refractivity contribution is 0.466. The van der Waals surface area contributed by atoms with Crippen LogP contribution in [0.2, 0.25) is 0 Å². The summed E-state index contributed by atoms with van der Waals surface area (Å²) >= 11 is 0. The van der Waals surface area contributed by atoms with Gasteiger partial charge in [-0.05, 0) is 56.8 Å². The zero-order valence-electron chi connectivity index (χ0n) is 10.1. The molecular weight excluding hydrogens is 210 g/mol. The first kappa shape index (κ1) is 10.8. The fraction of sp³-hybridized carbons (Fsp3) is 0.500. The van der Waals surface area contributed by atoms with Gasteiger partial charge in [0.25, 0.3) is 0 Å². The average molecular weight is 229 g/mol. The fourth-order valence-corrected chi connectivity index (χ4v) is 2.76. The topological polar surface area (TPSA) is 29.3 Å². The fourth-order valence-electron chi connectivity index (χ4n) is 2.76. The second kappa shape index (κ2) is 4.88. The Morgan fingerprint density at radius 3 is 3.29 bits per heavy atom. The summed E-state index contributed by atoms with van der Waals surface area (Å²) in [6.07, 6.45) is 11.1. The van der Waals surface area contributed by atoms with Crippen molar-refractivity contribution in [3.05, 3.63) is 36.4 Å². The van der Waals surface area contributed by atoms with Crippen molar-refractivity contribution in [1.82, 2.24) is 14.7 Å². The molecule has 1 fully saturated rings. The maximum Gasteiger partial charge on any atom is 0.0666 e. The van der Waals surface area contributed by atoms with Crippen LogP contribution >= 0.6 is 0 Å². The molecular formula is C14H19N3. The molecule has 0 radical (unpaired) electrons. The lowest BCUT2D eigenvalue weighted by Crippen LogP contribution is -2.14. The molecule has 3 nitrogen and oxygen atoms in total. The van der Waals surface area contributed by atoms with Crippen molar-refractivity contribution in [2.75, 3.05) is 13.1 Å². The molecule has 0 bridgehead atoms. The summed E-state index contributed by atoms with van der Waals surface area (Å²) in [6.45, 7) is 2.34. The van der Waals surface area contributed by atoms with E-state index in [1.807, 2.05) is 12.4 Å². The van der Waals surface area contributed by atoms with Crippen molar-refractivity contribution in [3.63, 3.8) is 0 Å². The van der Waals surface area contributed by atoms with Crippen molar-refractivity contribution in [2.24, 2.45) is 5.92 Å². The number of hydrogen-bond donors (Lipinski definition) is 1. The normalized spacial score (nSPS) is 21.5. The highest BCUT2D eigenvalue weighted by Gasteiger charge is 2.14. The molecule has 1 aliphatic rings. The average Bonchev–Trinajstić information content (AvgIpc) is 2.69. The molecule has 3 heterocycles. The monoisotopic (exact) mass is 229 g/mol. The summed E-state index contributed by atoms with van der Waals surface area (Å²) in [7, 11) is 0. The lowest BCUT2D eigenvalue weighted by Gasteiger charge is -2.13. The Morgan fingerprint density at radius 1 is 1.29 bits per heavy atom. The Balaban J connectivity index is 1.81. The number of nitrogens with one attached hydrogen (secondary N) is 1. The van der Waals surface area contributed by atoms with Crippen LogP contribution in [0.15, 0.2) is 30.7 Å². The zero-order chi connectivity index (χ0) is 11.5. The van der Waals surface area contributed by atoms with Gasteiger partial charge in [-0.3, -0.25) is 4.98 Å². The molecule has 1 unspecified atom stereocenters. The molecule has 3 rings (SSSR count). The summed E-state index contributed by atoms with van der Waals surface area (Å²) < 4.78 is 2.16. The van der Waals surface area contributed by atoms with Crippen molar-refractivity contribution in [3.8, 4) is 0 Å². The Morgan fingerprint density at radius 2 is 2.29 bits per heavy atom. The standard InChI is InChI=1S/C14H19N3/c1-3-12(5-7-15-6-1)11-13-14-4-2-9-17(14)10-8-16-13/h2,4,8-10,12,15H,1,3,5-7,11H2. The van der Waals surface area contributed by atoms with Crippen molar-refractivity contribution in [2.45, 2.75) is 25.7 Å². The molecule has 0 spiro atoms. The van der Waals surface area contributed by atoms with Gasteiger partial charge in [0.15, 0.2) is 0 Å². The molecule has 17 heavy (non-hydrogen) atoms. The van der Waals surface area contributed by atoms with Gasteiger partial charge in [0.2, 0.25) is 0 Å². The maximum atomic E-state index is 4.56. The number of aromatic nitrogens is 2. The van der Waals surface area contributed by atoms with Crippen LogP contribution in [-0.4, -0.2) is 22.5 Å². The molecule has 3 heteroatoms. The van der Waals surface area contributed by atoms with E-state index in [0.717, 1.165) is 18.9 Å². The Labute approximate surface area is 102 Å². The first-order valence-electron chi connectivity index (χ1n) is 6.55. The molecule has 0 aromatic carbocycles. The predicted octanol–water partition coefficient (Wildman–Crippen LogP) is 2.27. The first-order chi connectivity index (χ1) is 8.43. The number of fused-ring (bicyclic) bond motifs is 1. The van der Waals surface area contributed by atoms with E-state index in [2.05, 4.69) is 33.0 Å². The van der Waals surface area contributed by atoms with Gasteiger partial charge in [0.05, 0.1) is 11.2 Å². The third-order valence-electron chi connectivity index (χ3n) is 3.71. The maximum absolute atomic E-state index is 4.56. The molecule has 1 atom stereocenters. The van der Waals surface area contributed by atoms with Crippen LogP contribution < -0.4 is 5.32 Å². The second-order valence-corrected chi connectivity index (χ2v) is 4.93. The smallest absolute Gasteiger partial charge is 0.0666 e. The predicted molar refractivity (Wildman–Crippen MR) is 69.1 cm³/mol. The molecule has 0 aliphatic carbocycles. The quantitative estimate of drug-likeness (QED) is 0.856. The summed E-state index contributed by atoms with van der Waals surface area (Å²) in [5.41, 5.74) is 2.52. The van der Waals surface area contributed by atoms with Crippen molar-refractivity contribution in [1.29, 1.82) is 0 Å². The van der Waals surface area contributed by atoms with Crippen molar-refractivity contribution < 1.29 is 0 Å². The molecule has 2 aromatic rings. The van der Waals surface area contributed by atoms with Gasteiger partial charge in [0.1, 0.15) is 0 Å². The minimum Gasteiger partial charge on any atom is -0.321 e. The van der Waals surface area contributed by atoms with Gasteiger partial charge in [0, 0.05) is 18.6 Å². The third-order valence-corrected chi connectivity index (χ3v) is 3.71. The summed E-state index contributed by atoms with van der Waals surface area (Å²) in [5, 5.41) is 3.47. The molecule has 90 valence electrons. The molecule has 0 amide bonds. The van der Waals surface area contributed by atoms with E-state index < -0.39 is 0 Å². The Hall–Kier alpha value is -1.35. The van der Waals surface area contributed by atoms with Gasteiger partial charge in [-0.15, -0.1) is 0 Å². The first-order valence-corrected chi connectivity index (χ1v) is 6.55. The zero-order valence-corrected chi connectivity index (χ0v) is 10.1. The highest BCUT2D eigenvalue weighted by Crippen LogP contribution is 2.20. The summed E-state index contributed by atoms with van der Waals surface area (Å²) in [5.74, 6) is 0.790. The minimum atomic E-state index is 0.790. The van der Waals surface area contributed by atoms with Crippen molar-refractivity contribution >= 4 is 5.52 Å².